The third-order valence-electron chi connectivity index (χ3n) is 4.63. The summed E-state index contributed by atoms with van der Waals surface area (Å²) in [5, 5.41) is 6.12. The number of pyridine rings is 1. The van der Waals surface area contributed by atoms with Gasteiger partial charge in [-0.3, -0.25) is 9.78 Å². The predicted octanol–water partition coefficient (Wildman–Crippen LogP) is 2.29. The summed E-state index contributed by atoms with van der Waals surface area (Å²) < 4.78 is 0. The number of carbonyl (C=O) groups is 1. The lowest BCUT2D eigenvalue weighted by Gasteiger charge is -2.10. The molecule has 98 valence electrons. The van der Waals surface area contributed by atoms with Gasteiger partial charge in [0.1, 0.15) is 0 Å². The quantitative estimate of drug-likeness (QED) is 0.861. The van der Waals surface area contributed by atoms with Crippen molar-refractivity contribution < 1.29 is 4.79 Å². The van der Waals surface area contributed by atoms with Crippen LogP contribution >= 0.6 is 0 Å². The van der Waals surface area contributed by atoms with Gasteiger partial charge in [0.15, 0.2) is 0 Å². The maximum atomic E-state index is 12.3. The summed E-state index contributed by atoms with van der Waals surface area (Å²) in [5.41, 5.74) is 1.69. The molecule has 0 bridgehead atoms. The lowest BCUT2D eigenvalue weighted by Crippen LogP contribution is -2.30. The van der Waals surface area contributed by atoms with E-state index in [1.165, 1.54) is 0 Å². The minimum absolute atomic E-state index is 0.0592. The van der Waals surface area contributed by atoms with Gasteiger partial charge in [0.05, 0.1) is 5.56 Å². The van der Waals surface area contributed by atoms with E-state index in [0.29, 0.717) is 5.56 Å². The summed E-state index contributed by atoms with van der Waals surface area (Å²) in [4.78, 5) is 16.3. The van der Waals surface area contributed by atoms with E-state index in [2.05, 4.69) is 43.3 Å². The maximum absolute atomic E-state index is 12.3. The Hall–Kier alpha value is -1.58. The Kier molecular flexibility index (Phi) is 2.84. The number of amides is 1. The standard InChI is InChI=1S/C14H21N3O/c1-13(2)12(14(13,3)4)17-11(18)9-8-16-7-6-10(9)15-5/h6-8,12H,1-5H3,(H,15,16)(H,17,18). The maximum Gasteiger partial charge on any atom is 0.255 e. The zero-order chi connectivity index (χ0) is 13.6. The van der Waals surface area contributed by atoms with Crippen LogP contribution in [0.4, 0.5) is 5.69 Å². The molecule has 1 fully saturated rings. The van der Waals surface area contributed by atoms with Gasteiger partial charge in [-0.25, -0.2) is 0 Å². The van der Waals surface area contributed by atoms with E-state index >= 15 is 0 Å². The van der Waals surface area contributed by atoms with Crippen LogP contribution in [0.25, 0.3) is 0 Å². The number of aromatic nitrogens is 1. The van der Waals surface area contributed by atoms with Crippen LogP contribution in [-0.4, -0.2) is 24.0 Å². The van der Waals surface area contributed by atoms with Crippen LogP contribution in [-0.2, 0) is 0 Å². The number of nitrogens with one attached hydrogen (secondary N) is 2. The Bertz CT molecular complexity index is 466. The monoisotopic (exact) mass is 247 g/mol. The van der Waals surface area contributed by atoms with Gasteiger partial charge in [-0.05, 0) is 16.9 Å². The fraction of sp³-hybridized carbons (Fsp3) is 0.571. The van der Waals surface area contributed by atoms with Crippen molar-refractivity contribution in [2.75, 3.05) is 12.4 Å². The summed E-state index contributed by atoms with van der Waals surface area (Å²) in [6.07, 6.45) is 3.27. The first-order valence-corrected chi connectivity index (χ1v) is 6.25. The van der Waals surface area contributed by atoms with Crippen molar-refractivity contribution in [2.24, 2.45) is 10.8 Å². The molecule has 2 N–H and O–H groups in total. The summed E-state index contributed by atoms with van der Waals surface area (Å²) in [7, 11) is 1.80. The summed E-state index contributed by atoms with van der Waals surface area (Å²) >= 11 is 0. The molecule has 0 saturated heterocycles. The van der Waals surface area contributed by atoms with Crippen LogP contribution in [0.2, 0.25) is 0 Å². The van der Waals surface area contributed by atoms with Crippen molar-refractivity contribution in [3.05, 3.63) is 24.0 Å². The Labute approximate surface area is 108 Å². The zero-order valence-electron chi connectivity index (χ0n) is 11.7. The zero-order valence-corrected chi connectivity index (χ0v) is 11.7. The molecule has 4 heteroatoms. The van der Waals surface area contributed by atoms with Crippen molar-refractivity contribution in [3.8, 4) is 0 Å². The molecule has 0 aromatic carbocycles. The Balaban J connectivity index is 2.15. The first-order chi connectivity index (χ1) is 8.32. The average Bonchev–Trinajstić information content (AvgIpc) is 2.71. The van der Waals surface area contributed by atoms with Crippen LogP contribution in [0.15, 0.2) is 18.5 Å². The van der Waals surface area contributed by atoms with E-state index < -0.39 is 0 Å². The predicted molar refractivity (Wildman–Crippen MR) is 72.6 cm³/mol. The van der Waals surface area contributed by atoms with Gasteiger partial charge in [-0.2, -0.15) is 0 Å². The minimum Gasteiger partial charge on any atom is -0.387 e. The summed E-state index contributed by atoms with van der Waals surface area (Å²) in [6.45, 7) is 8.72. The van der Waals surface area contributed by atoms with Gasteiger partial charge in [0.2, 0.25) is 0 Å². The second-order valence-corrected chi connectivity index (χ2v) is 6.02. The molecule has 1 aromatic rings. The SMILES string of the molecule is CNc1ccncc1C(=O)NC1C(C)(C)C1(C)C. The molecule has 1 aliphatic rings. The summed E-state index contributed by atoms with van der Waals surface area (Å²) in [5.74, 6) is -0.0592. The van der Waals surface area contributed by atoms with E-state index in [-0.39, 0.29) is 22.8 Å². The van der Waals surface area contributed by atoms with E-state index in [9.17, 15) is 4.79 Å². The number of hydrogen-bond acceptors (Lipinski definition) is 3. The molecule has 2 rings (SSSR count). The van der Waals surface area contributed by atoms with Gasteiger partial charge in [0, 0.05) is 31.2 Å². The number of rotatable bonds is 3. The highest BCUT2D eigenvalue weighted by Gasteiger charge is 2.65. The molecule has 1 aromatic heterocycles. The van der Waals surface area contributed by atoms with Crippen LogP contribution in [0.3, 0.4) is 0 Å². The first-order valence-electron chi connectivity index (χ1n) is 6.25. The Morgan fingerprint density at radius 1 is 1.28 bits per heavy atom. The van der Waals surface area contributed by atoms with E-state index in [1.54, 1.807) is 25.5 Å². The van der Waals surface area contributed by atoms with Crippen molar-refractivity contribution in [1.29, 1.82) is 0 Å². The molecule has 0 atom stereocenters. The van der Waals surface area contributed by atoms with Gasteiger partial charge in [0.25, 0.3) is 5.91 Å². The minimum atomic E-state index is -0.0592. The van der Waals surface area contributed by atoms with Crippen molar-refractivity contribution in [2.45, 2.75) is 33.7 Å². The lowest BCUT2D eigenvalue weighted by atomic mass is 10.0. The Morgan fingerprint density at radius 3 is 2.39 bits per heavy atom. The van der Waals surface area contributed by atoms with E-state index in [0.717, 1.165) is 5.69 Å². The van der Waals surface area contributed by atoms with Crippen LogP contribution in [0.1, 0.15) is 38.1 Å². The third kappa shape index (κ3) is 1.76. The molecule has 1 aliphatic carbocycles. The smallest absolute Gasteiger partial charge is 0.255 e. The molecule has 1 heterocycles. The highest BCUT2D eigenvalue weighted by atomic mass is 16.1. The second-order valence-electron chi connectivity index (χ2n) is 6.02. The molecule has 4 nitrogen and oxygen atoms in total. The molecule has 0 aliphatic heterocycles. The van der Waals surface area contributed by atoms with E-state index in [1.807, 2.05) is 0 Å². The highest BCUT2D eigenvalue weighted by Crippen LogP contribution is 2.62. The molecular weight excluding hydrogens is 226 g/mol. The Morgan fingerprint density at radius 2 is 1.89 bits per heavy atom. The van der Waals surface area contributed by atoms with Crippen LogP contribution in [0, 0.1) is 10.8 Å². The first kappa shape index (κ1) is 12.9. The highest BCUT2D eigenvalue weighted by molar-refractivity contribution is 5.99. The lowest BCUT2D eigenvalue weighted by molar-refractivity contribution is 0.0944. The van der Waals surface area contributed by atoms with Crippen LogP contribution in [0.5, 0.6) is 0 Å². The second kappa shape index (κ2) is 3.97. The van der Waals surface area contributed by atoms with E-state index in [4.69, 9.17) is 0 Å². The van der Waals surface area contributed by atoms with Gasteiger partial charge in [-0.15, -0.1) is 0 Å². The number of hydrogen-bond donors (Lipinski definition) is 2. The topological polar surface area (TPSA) is 54.0 Å². The number of anilines is 1. The van der Waals surface area contributed by atoms with Crippen molar-refractivity contribution in [3.63, 3.8) is 0 Å². The molecule has 0 spiro atoms. The molecule has 0 radical (unpaired) electrons. The largest absolute Gasteiger partial charge is 0.387 e. The molecule has 18 heavy (non-hydrogen) atoms. The molecular formula is C14H21N3O. The van der Waals surface area contributed by atoms with Crippen molar-refractivity contribution >= 4 is 11.6 Å². The summed E-state index contributed by atoms with van der Waals surface area (Å²) in [6, 6.07) is 2.01. The normalized spacial score (nSPS) is 20.3. The van der Waals surface area contributed by atoms with Crippen LogP contribution < -0.4 is 10.6 Å². The fourth-order valence-electron chi connectivity index (χ4n) is 2.56. The molecule has 1 saturated carbocycles. The average molecular weight is 247 g/mol. The fourth-order valence-corrected chi connectivity index (χ4v) is 2.56. The van der Waals surface area contributed by atoms with Crippen molar-refractivity contribution in [1.82, 2.24) is 10.3 Å². The molecule has 1 amide bonds. The van der Waals surface area contributed by atoms with Gasteiger partial charge in [-0.1, -0.05) is 27.7 Å². The number of carbonyl (C=O) groups excluding carboxylic acids is 1. The molecule has 0 unspecified atom stereocenters. The number of nitrogens with zero attached hydrogens (tertiary/aromatic N) is 1. The van der Waals surface area contributed by atoms with Gasteiger partial charge < -0.3 is 10.6 Å². The third-order valence-corrected chi connectivity index (χ3v) is 4.63. The van der Waals surface area contributed by atoms with Gasteiger partial charge >= 0.3 is 0 Å².